The molecule has 2 N–H and O–H groups in total. The minimum absolute atomic E-state index is 0.0848. The summed E-state index contributed by atoms with van der Waals surface area (Å²) in [7, 11) is -0.714. The number of amides is 2. The van der Waals surface area contributed by atoms with E-state index < -0.39 is 15.9 Å². The topological polar surface area (TPSA) is 105 Å². The van der Waals surface area contributed by atoms with E-state index in [4.69, 9.17) is 4.74 Å². The second-order valence-electron chi connectivity index (χ2n) is 7.23. The molecule has 0 bridgehead atoms. The first-order valence-electron chi connectivity index (χ1n) is 10.2. The number of rotatable bonds is 9. The zero-order valence-corrected chi connectivity index (χ0v) is 19.1. The van der Waals surface area contributed by atoms with E-state index in [1.165, 1.54) is 38.4 Å². The Kier molecular flexibility index (Phi) is 7.81. The van der Waals surface area contributed by atoms with Crippen molar-refractivity contribution in [2.45, 2.75) is 4.90 Å². The van der Waals surface area contributed by atoms with Gasteiger partial charge in [-0.2, -0.15) is 0 Å². The van der Waals surface area contributed by atoms with Gasteiger partial charge in [-0.25, -0.2) is 12.7 Å². The predicted molar refractivity (Wildman–Crippen MR) is 126 cm³/mol. The SMILES string of the molecule is CN(C)S(=O)(=O)c1ccc(C(=O)Nc2ccccc2C(=O)NCCOc2ccccc2)cc1. The van der Waals surface area contributed by atoms with Crippen molar-refractivity contribution in [1.82, 2.24) is 9.62 Å². The zero-order valence-electron chi connectivity index (χ0n) is 18.3. The first-order valence-corrected chi connectivity index (χ1v) is 11.6. The Morgan fingerprint density at radius 2 is 1.48 bits per heavy atom. The van der Waals surface area contributed by atoms with Crippen LogP contribution in [0, 0.1) is 0 Å². The van der Waals surface area contributed by atoms with Gasteiger partial charge in [0.1, 0.15) is 12.4 Å². The summed E-state index contributed by atoms with van der Waals surface area (Å²) in [4.78, 5) is 25.4. The van der Waals surface area contributed by atoms with Gasteiger partial charge in [0.05, 0.1) is 22.7 Å². The van der Waals surface area contributed by atoms with Crippen LogP contribution < -0.4 is 15.4 Å². The molecule has 0 aliphatic heterocycles. The van der Waals surface area contributed by atoms with Crippen LogP contribution in [-0.4, -0.2) is 51.8 Å². The molecule has 0 aliphatic rings. The van der Waals surface area contributed by atoms with Crippen LogP contribution in [0.3, 0.4) is 0 Å². The Morgan fingerprint density at radius 1 is 0.848 bits per heavy atom. The van der Waals surface area contributed by atoms with E-state index in [-0.39, 0.29) is 22.9 Å². The summed E-state index contributed by atoms with van der Waals surface area (Å²) in [5, 5.41) is 5.48. The van der Waals surface area contributed by atoms with Crippen molar-refractivity contribution in [2.75, 3.05) is 32.6 Å². The standard InChI is InChI=1S/C24H25N3O5S/c1-27(2)33(30,31)20-14-12-18(13-15-20)23(28)26-22-11-7-6-10-21(22)24(29)25-16-17-32-19-8-4-3-5-9-19/h3-15H,16-17H2,1-2H3,(H,25,29)(H,26,28). The number of nitrogens with one attached hydrogen (secondary N) is 2. The molecule has 0 unspecified atom stereocenters. The van der Waals surface area contributed by atoms with Gasteiger partial charge >= 0.3 is 0 Å². The minimum atomic E-state index is -3.59. The number of carbonyl (C=O) groups excluding carboxylic acids is 2. The summed E-state index contributed by atoms with van der Waals surface area (Å²) in [6.07, 6.45) is 0. The monoisotopic (exact) mass is 467 g/mol. The van der Waals surface area contributed by atoms with Gasteiger partial charge in [-0.1, -0.05) is 30.3 Å². The van der Waals surface area contributed by atoms with Crippen molar-refractivity contribution >= 4 is 27.5 Å². The summed E-state index contributed by atoms with van der Waals surface area (Å²) < 4.78 is 31.0. The smallest absolute Gasteiger partial charge is 0.255 e. The first-order chi connectivity index (χ1) is 15.8. The van der Waals surface area contributed by atoms with Gasteiger partial charge in [-0.05, 0) is 48.5 Å². The number of benzene rings is 3. The fourth-order valence-electron chi connectivity index (χ4n) is 2.92. The van der Waals surface area contributed by atoms with E-state index in [9.17, 15) is 18.0 Å². The molecule has 0 aromatic heterocycles. The van der Waals surface area contributed by atoms with Crippen LogP contribution in [0.15, 0.2) is 83.8 Å². The molecule has 0 aliphatic carbocycles. The number of hydrogen-bond acceptors (Lipinski definition) is 5. The molecule has 0 fully saturated rings. The number of ether oxygens (including phenoxy) is 1. The molecule has 3 rings (SSSR count). The summed E-state index contributed by atoms with van der Waals surface area (Å²) >= 11 is 0. The summed E-state index contributed by atoms with van der Waals surface area (Å²) in [5.74, 6) is -0.102. The molecule has 8 nitrogen and oxygen atoms in total. The molecule has 3 aromatic carbocycles. The maximum absolute atomic E-state index is 12.7. The van der Waals surface area contributed by atoms with Crippen LogP contribution in [0.2, 0.25) is 0 Å². The lowest BCUT2D eigenvalue weighted by Crippen LogP contribution is -2.29. The van der Waals surface area contributed by atoms with Gasteiger partial charge < -0.3 is 15.4 Å². The lowest BCUT2D eigenvalue weighted by atomic mass is 10.1. The van der Waals surface area contributed by atoms with Crippen molar-refractivity contribution in [3.05, 3.63) is 90.0 Å². The zero-order chi connectivity index (χ0) is 23.8. The molecule has 33 heavy (non-hydrogen) atoms. The van der Waals surface area contributed by atoms with E-state index in [1.807, 2.05) is 30.3 Å². The minimum Gasteiger partial charge on any atom is -0.492 e. The molecular formula is C24H25N3O5S. The van der Waals surface area contributed by atoms with Crippen LogP contribution in [0.5, 0.6) is 5.75 Å². The average Bonchev–Trinajstić information content (AvgIpc) is 2.82. The van der Waals surface area contributed by atoms with E-state index in [0.717, 1.165) is 4.31 Å². The van der Waals surface area contributed by atoms with Crippen molar-refractivity contribution in [3.63, 3.8) is 0 Å². The Labute approximate surface area is 193 Å². The molecule has 0 spiro atoms. The van der Waals surface area contributed by atoms with E-state index >= 15 is 0 Å². The number of hydrogen-bond donors (Lipinski definition) is 2. The normalized spacial score (nSPS) is 11.1. The second-order valence-corrected chi connectivity index (χ2v) is 9.38. The third kappa shape index (κ3) is 6.18. The van der Waals surface area contributed by atoms with Gasteiger partial charge in [0, 0.05) is 19.7 Å². The Bertz CT molecular complexity index is 1210. The van der Waals surface area contributed by atoms with Crippen molar-refractivity contribution in [2.24, 2.45) is 0 Å². The Morgan fingerprint density at radius 3 is 2.15 bits per heavy atom. The molecule has 0 radical (unpaired) electrons. The molecule has 3 aromatic rings. The maximum atomic E-state index is 12.7. The molecule has 0 heterocycles. The molecule has 172 valence electrons. The van der Waals surface area contributed by atoms with Crippen LogP contribution in [0.25, 0.3) is 0 Å². The highest BCUT2D eigenvalue weighted by Crippen LogP contribution is 2.18. The molecule has 2 amide bonds. The Balaban J connectivity index is 1.62. The average molecular weight is 468 g/mol. The number of para-hydroxylation sites is 2. The number of carbonyl (C=O) groups is 2. The highest BCUT2D eigenvalue weighted by molar-refractivity contribution is 7.89. The number of sulfonamides is 1. The molecular weight excluding hydrogens is 442 g/mol. The van der Waals surface area contributed by atoms with Crippen molar-refractivity contribution in [1.29, 1.82) is 0 Å². The van der Waals surface area contributed by atoms with E-state index in [0.29, 0.717) is 23.6 Å². The largest absolute Gasteiger partial charge is 0.492 e. The summed E-state index contributed by atoms with van der Waals surface area (Å²) in [5.41, 5.74) is 0.908. The first kappa shape index (κ1) is 24.0. The molecule has 0 saturated carbocycles. The quantitative estimate of drug-likeness (QED) is 0.471. The number of nitrogens with zero attached hydrogens (tertiary/aromatic N) is 1. The molecule has 9 heteroatoms. The van der Waals surface area contributed by atoms with Crippen molar-refractivity contribution < 1.29 is 22.7 Å². The highest BCUT2D eigenvalue weighted by Gasteiger charge is 2.18. The highest BCUT2D eigenvalue weighted by atomic mass is 32.2. The predicted octanol–water partition coefficient (Wildman–Crippen LogP) is 3.00. The summed E-state index contributed by atoms with van der Waals surface area (Å²) in [6.45, 7) is 0.588. The second kappa shape index (κ2) is 10.8. The lowest BCUT2D eigenvalue weighted by Gasteiger charge is -2.13. The summed E-state index contributed by atoms with van der Waals surface area (Å²) in [6, 6.07) is 21.5. The van der Waals surface area contributed by atoms with Crippen molar-refractivity contribution in [3.8, 4) is 5.75 Å². The van der Waals surface area contributed by atoms with Gasteiger partial charge in [-0.3, -0.25) is 9.59 Å². The maximum Gasteiger partial charge on any atom is 0.255 e. The molecule has 0 saturated heterocycles. The van der Waals surface area contributed by atoms with Crippen LogP contribution in [0.4, 0.5) is 5.69 Å². The molecule has 0 atom stereocenters. The van der Waals surface area contributed by atoms with Crippen LogP contribution in [0.1, 0.15) is 20.7 Å². The van der Waals surface area contributed by atoms with Crippen LogP contribution >= 0.6 is 0 Å². The van der Waals surface area contributed by atoms with Gasteiger partial charge in [0.15, 0.2) is 0 Å². The third-order valence-electron chi connectivity index (χ3n) is 4.71. The Hall–Kier alpha value is -3.69. The number of anilines is 1. The van der Waals surface area contributed by atoms with Crippen LogP contribution in [-0.2, 0) is 10.0 Å². The van der Waals surface area contributed by atoms with Gasteiger partial charge in [0.25, 0.3) is 11.8 Å². The van der Waals surface area contributed by atoms with E-state index in [2.05, 4.69) is 10.6 Å². The van der Waals surface area contributed by atoms with E-state index in [1.54, 1.807) is 24.3 Å². The fourth-order valence-corrected chi connectivity index (χ4v) is 3.82. The fraction of sp³-hybridized carbons (Fsp3) is 0.167. The third-order valence-corrected chi connectivity index (χ3v) is 6.54. The lowest BCUT2D eigenvalue weighted by molar-refractivity contribution is 0.0948. The van der Waals surface area contributed by atoms with Gasteiger partial charge in [-0.15, -0.1) is 0 Å². The van der Waals surface area contributed by atoms with Gasteiger partial charge in [0.2, 0.25) is 10.0 Å².